The van der Waals surface area contributed by atoms with Crippen molar-refractivity contribution in [2.45, 2.75) is 19.9 Å². The molecule has 0 aromatic carbocycles. The van der Waals surface area contributed by atoms with Gasteiger partial charge in [-0.3, -0.25) is 9.59 Å². The van der Waals surface area contributed by atoms with Gasteiger partial charge in [-0.15, -0.1) is 0 Å². The molecule has 4 N–H and O–H groups in total. The van der Waals surface area contributed by atoms with Gasteiger partial charge in [0.15, 0.2) is 0 Å². The van der Waals surface area contributed by atoms with Crippen LogP contribution < -0.4 is 11.1 Å². The van der Waals surface area contributed by atoms with Crippen molar-refractivity contribution in [3.05, 3.63) is 0 Å². The van der Waals surface area contributed by atoms with Gasteiger partial charge < -0.3 is 16.2 Å². The van der Waals surface area contributed by atoms with E-state index in [1.165, 1.54) is 18.7 Å². The lowest BCUT2D eigenvalue weighted by atomic mass is 10.2. The number of thioether (sulfide) groups is 1. The Bertz CT molecular complexity index is 283. The molecular weight excluding hydrogens is 232 g/mol. The summed E-state index contributed by atoms with van der Waals surface area (Å²) < 4.78 is 0. The topological polar surface area (TPSA) is 109 Å². The summed E-state index contributed by atoms with van der Waals surface area (Å²) in [5, 5.41) is 11.1. The van der Waals surface area contributed by atoms with Gasteiger partial charge in [0, 0.05) is 24.3 Å². The van der Waals surface area contributed by atoms with Crippen molar-refractivity contribution in [3.63, 3.8) is 0 Å². The lowest BCUT2D eigenvalue weighted by Crippen LogP contribution is -2.41. The van der Waals surface area contributed by atoms with Crippen molar-refractivity contribution in [2.24, 2.45) is 11.7 Å². The van der Waals surface area contributed by atoms with Gasteiger partial charge in [0.2, 0.25) is 11.8 Å². The molecule has 0 aliphatic rings. The molecule has 0 fully saturated rings. The summed E-state index contributed by atoms with van der Waals surface area (Å²) >= 11 is 1.27. The number of carboxylic acid groups (broad SMARTS) is 1. The molecule has 0 aliphatic heterocycles. The van der Waals surface area contributed by atoms with E-state index < -0.39 is 23.8 Å². The average molecular weight is 248 g/mol. The van der Waals surface area contributed by atoms with E-state index in [0.29, 0.717) is 5.75 Å². The van der Waals surface area contributed by atoms with Crippen molar-refractivity contribution in [1.29, 1.82) is 0 Å². The molecule has 0 rings (SSSR count). The highest BCUT2D eigenvalue weighted by atomic mass is 32.2. The number of aliphatic carboxylic acids is 1. The molecule has 0 saturated heterocycles. The van der Waals surface area contributed by atoms with Crippen LogP contribution in [0.5, 0.6) is 0 Å². The lowest BCUT2D eigenvalue weighted by molar-refractivity contribution is -0.140. The molecule has 2 atom stereocenters. The van der Waals surface area contributed by atoms with E-state index in [9.17, 15) is 14.4 Å². The van der Waals surface area contributed by atoms with Crippen LogP contribution in [0.4, 0.5) is 0 Å². The SMILES string of the molecule is CC(=O)N[C@@H](CSCC(C)C(N)=O)C(=O)O. The quantitative estimate of drug-likeness (QED) is 0.559. The van der Waals surface area contributed by atoms with Gasteiger partial charge in [-0.05, 0) is 0 Å². The Labute approximate surface area is 98.0 Å². The first-order valence-corrected chi connectivity index (χ1v) is 5.87. The standard InChI is InChI=1S/C9H16N2O4S/c1-5(8(10)13)3-16-4-7(9(14)15)11-6(2)12/h5,7H,3-4H2,1-2H3,(H2,10,13)(H,11,12)(H,14,15)/t5?,7-/m0/s1. The second-order valence-corrected chi connectivity index (χ2v) is 4.51. The Morgan fingerprint density at radius 3 is 2.31 bits per heavy atom. The number of nitrogens with two attached hydrogens (primary N) is 1. The third-order valence-corrected chi connectivity index (χ3v) is 3.12. The molecule has 2 amide bonds. The number of carbonyl (C=O) groups is 3. The van der Waals surface area contributed by atoms with Crippen LogP contribution in [0.2, 0.25) is 0 Å². The molecule has 0 aromatic heterocycles. The fourth-order valence-electron chi connectivity index (χ4n) is 0.865. The molecule has 7 heteroatoms. The van der Waals surface area contributed by atoms with Crippen molar-refractivity contribution in [2.75, 3.05) is 11.5 Å². The zero-order valence-electron chi connectivity index (χ0n) is 9.23. The van der Waals surface area contributed by atoms with Crippen LogP contribution in [0, 0.1) is 5.92 Å². The van der Waals surface area contributed by atoms with Crippen molar-refractivity contribution in [1.82, 2.24) is 5.32 Å². The summed E-state index contributed by atoms with van der Waals surface area (Å²) in [7, 11) is 0. The van der Waals surface area contributed by atoms with E-state index in [-0.39, 0.29) is 11.7 Å². The zero-order chi connectivity index (χ0) is 12.7. The van der Waals surface area contributed by atoms with E-state index in [1.54, 1.807) is 6.92 Å². The summed E-state index contributed by atoms with van der Waals surface area (Å²) in [4.78, 5) is 32.1. The first kappa shape index (κ1) is 14.8. The van der Waals surface area contributed by atoms with Crippen LogP contribution in [-0.4, -0.2) is 40.4 Å². The number of primary amides is 1. The average Bonchev–Trinajstić information content (AvgIpc) is 2.14. The number of amides is 2. The van der Waals surface area contributed by atoms with E-state index in [2.05, 4.69) is 5.32 Å². The molecule has 0 saturated carbocycles. The minimum Gasteiger partial charge on any atom is -0.480 e. The van der Waals surface area contributed by atoms with Gasteiger partial charge >= 0.3 is 5.97 Å². The minimum atomic E-state index is -1.09. The number of carbonyl (C=O) groups excluding carboxylic acids is 2. The van der Waals surface area contributed by atoms with Crippen LogP contribution in [0.15, 0.2) is 0 Å². The van der Waals surface area contributed by atoms with Gasteiger partial charge in [-0.1, -0.05) is 6.92 Å². The summed E-state index contributed by atoms with van der Waals surface area (Å²) in [5.41, 5.74) is 5.06. The fourth-order valence-corrected chi connectivity index (χ4v) is 1.98. The second kappa shape index (κ2) is 7.10. The molecule has 1 unspecified atom stereocenters. The van der Waals surface area contributed by atoms with Crippen molar-refractivity contribution in [3.8, 4) is 0 Å². The lowest BCUT2D eigenvalue weighted by Gasteiger charge is -2.13. The molecule has 0 radical (unpaired) electrons. The number of hydrogen-bond acceptors (Lipinski definition) is 4. The van der Waals surface area contributed by atoms with E-state index >= 15 is 0 Å². The van der Waals surface area contributed by atoms with E-state index in [1.807, 2.05) is 0 Å². The maximum absolute atomic E-state index is 10.7. The normalized spacial score (nSPS) is 13.9. The molecule has 0 bridgehead atoms. The molecule has 0 aliphatic carbocycles. The van der Waals surface area contributed by atoms with Gasteiger partial charge in [0.25, 0.3) is 0 Å². The molecule has 0 heterocycles. The monoisotopic (exact) mass is 248 g/mol. The number of rotatable bonds is 7. The maximum atomic E-state index is 10.7. The van der Waals surface area contributed by atoms with Crippen molar-refractivity contribution < 1.29 is 19.5 Å². The highest BCUT2D eigenvalue weighted by Crippen LogP contribution is 2.09. The van der Waals surface area contributed by atoms with Gasteiger partial charge in [0.1, 0.15) is 6.04 Å². The number of hydrogen-bond donors (Lipinski definition) is 3. The second-order valence-electron chi connectivity index (χ2n) is 3.43. The Hall–Kier alpha value is -1.24. The molecule has 6 nitrogen and oxygen atoms in total. The molecule has 0 aromatic rings. The third-order valence-electron chi connectivity index (χ3n) is 1.81. The largest absolute Gasteiger partial charge is 0.480 e. The molecule has 0 spiro atoms. The zero-order valence-corrected chi connectivity index (χ0v) is 10.0. The molecule has 92 valence electrons. The maximum Gasteiger partial charge on any atom is 0.327 e. The summed E-state index contributed by atoms with van der Waals surface area (Å²) in [6, 6.07) is -0.928. The Kier molecular flexibility index (Phi) is 6.55. The van der Waals surface area contributed by atoms with E-state index in [4.69, 9.17) is 10.8 Å². The smallest absolute Gasteiger partial charge is 0.327 e. The Morgan fingerprint density at radius 2 is 1.94 bits per heavy atom. The summed E-state index contributed by atoms with van der Waals surface area (Å²) in [6.45, 7) is 2.93. The predicted octanol–water partition coefficient (Wildman–Crippen LogP) is -0.570. The predicted molar refractivity (Wildman–Crippen MR) is 60.9 cm³/mol. The highest BCUT2D eigenvalue weighted by Gasteiger charge is 2.19. The van der Waals surface area contributed by atoms with Crippen molar-refractivity contribution >= 4 is 29.5 Å². The van der Waals surface area contributed by atoms with Crippen LogP contribution in [0.1, 0.15) is 13.8 Å². The number of nitrogens with one attached hydrogen (secondary N) is 1. The molecule has 16 heavy (non-hydrogen) atoms. The third kappa shape index (κ3) is 6.28. The Balaban J connectivity index is 3.99. The van der Waals surface area contributed by atoms with Crippen LogP contribution in [0.25, 0.3) is 0 Å². The first-order chi connectivity index (χ1) is 7.34. The minimum absolute atomic E-state index is 0.215. The van der Waals surface area contributed by atoms with Gasteiger partial charge in [-0.2, -0.15) is 11.8 Å². The fraction of sp³-hybridized carbons (Fsp3) is 0.667. The van der Waals surface area contributed by atoms with Gasteiger partial charge in [-0.25, -0.2) is 4.79 Å². The molecular formula is C9H16N2O4S. The van der Waals surface area contributed by atoms with Gasteiger partial charge in [0.05, 0.1) is 0 Å². The van der Waals surface area contributed by atoms with Crippen LogP contribution in [-0.2, 0) is 14.4 Å². The van der Waals surface area contributed by atoms with Crippen LogP contribution >= 0.6 is 11.8 Å². The van der Waals surface area contributed by atoms with Crippen LogP contribution in [0.3, 0.4) is 0 Å². The Morgan fingerprint density at radius 1 is 1.38 bits per heavy atom. The summed E-state index contributed by atoms with van der Waals surface area (Å²) in [5.74, 6) is -1.55. The summed E-state index contributed by atoms with van der Waals surface area (Å²) in [6.07, 6.45) is 0. The number of carboxylic acids is 1. The highest BCUT2D eigenvalue weighted by molar-refractivity contribution is 7.99. The first-order valence-electron chi connectivity index (χ1n) is 4.71. The van der Waals surface area contributed by atoms with E-state index in [0.717, 1.165) is 0 Å².